The van der Waals surface area contributed by atoms with E-state index in [1.807, 2.05) is 30.0 Å². The van der Waals surface area contributed by atoms with Crippen LogP contribution in [0.25, 0.3) is 5.65 Å². The van der Waals surface area contributed by atoms with Crippen molar-refractivity contribution < 1.29 is 4.74 Å². The van der Waals surface area contributed by atoms with Crippen molar-refractivity contribution in [1.82, 2.24) is 14.4 Å². The number of nitrogens with one attached hydrogen (secondary N) is 1. The molecule has 2 aromatic heterocycles. The highest BCUT2D eigenvalue weighted by molar-refractivity contribution is 5.67. The van der Waals surface area contributed by atoms with E-state index >= 15 is 0 Å². The number of morpholine rings is 1. The summed E-state index contributed by atoms with van der Waals surface area (Å²) in [7, 11) is 1.90. The molecule has 0 bridgehead atoms. The third kappa shape index (κ3) is 2.14. The molecule has 2 unspecified atom stereocenters. The molecule has 0 spiro atoms. The van der Waals surface area contributed by atoms with Gasteiger partial charge in [0.2, 0.25) is 0 Å². The number of nitrogens with zero attached hydrogens (tertiary/aromatic N) is 4. The van der Waals surface area contributed by atoms with Crippen LogP contribution in [0.4, 0.5) is 11.6 Å². The maximum absolute atomic E-state index is 5.97. The summed E-state index contributed by atoms with van der Waals surface area (Å²) in [4.78, 5) is 11.7. The van der Waals surface area contributed by atoms with Crippen LogP contribution in [-0.4, -0.2) is 46.7 Å². The Morgan fingerprint density at radius 3 is 3.14 bits per heavy atom. The summed E-state index contributed by atoms with van der Waals surface area (Å²) < 4.78 is 8.01. The van der Waals surface area contributed by atoms with E-state index in [2.05, 4.69) is 15.2 Å². The maximum atomic E-state index is 5.97. The minimum absolute atomic E-state index is 0.350. The summed E-state index contributed by atoms with van der Waals surface area (Å²) in [6.45, 7) is 1.67. The summed E-state index contributed by atoms with van der Waals surface area (Å²) in [5, 5.41) is 3.14. The zero-order chi connectivity index (χ0) is 14.2. The number of ether oxygens (including phenoxy) is 1. The third-order valence-electron chi connectivity index (χ3n) is 4.62. The molecule has 3 heterocycles. The molecule has 4 rings (SSSR count). The second-order valence-electron chi connectivity index (χ2n) is 5.81. The molecule has 2 aliphatic rings. The van der Waals surface area contributed by atoms with E-state index < -0.39 is 0 Å². The predicted octanol–water partition coefficient (Wildman–Crippen LogP) is 1.92. The lowest BCUT2D eigenvalue weighted by atomic mass is 9.90. The van der Waals surface area contributed by atoms with Crippen molar-refractivity contribution in [1.29, 1.82) is 0 Å². The van der Waals surface area contributed by atoms with Crippen LogP contribution in [0.3, 0.4) is 0 Å². The van der Waals surface area contributed by atoms with E-state index in [-0.39, 0.29) is 0 Å². The van der Waals surface area contributed by atoms with Crippen LogP contribution in [0, 0.1) is 0 Å². The molecule has 6 nitrogen and oxygen atoms in total. The fourth-order valence-electron chi connectivity index (χ4n) is 3.59. The minimum atomic E-state index is 0.350. The van der Waals surface area contributed by atoms with Crippen LogP contribution < -0.4 is 10.2 Å². The molecule has 1 N–H and O–H groups in total. The van der Waals surface area contributed by atoms with Crippen molar-refractivity contribution in [2.24, 2.45) is 0 Å². The smallest absolute Gasteiger partial charge is 0.180 e. The lowest BCUT2D eigenvalue weighted by molar-refractivity contribution is -0.00889. The number of aromatic nitrogens is 3. The Hall–Kier alpha value is -1.82. The molecule has 2 atom stereocenters. The van der Waals surface area contributed by atoms with Crippen LogP contribution in [0.5, 0.6) is 0 Å². The third-order valence-corrected chi connectivity index (χ3v) is 4.62. The second-order valence-corrected chi connectivity index (χ2v) is 5.81. The van der Waals surface area contributed by atoms with Crippen LogP contribution in [0.1, 0.15) is 25.7 Å². The van der Waals surface area contributed by atoms with Crippen LogP contribution in [0.15, 0.2) is 18.6 Å². The first-order chi connectivity index (χ1) is 10.4. The SMILES string of the molecule is CNc1cn2ccnc2c(N2CCOC3CCCCC32)n1. The monoisotopic (exact) mass is 287 g/mol. The topological polar surface area (TPSA) is 54.7 Å². The van der Waals surface area contributed by atoms with E-state index in [0.29, 0.717) is 12.1 Å². The fraction of sp³-hybridized carbons (Fsp3) is 0.600. The zero-order valence-corrected chi connectivity index (χ0v) is 12.3. The van der Waals surface area contributed by atoms with Gasteiger partial charge in [0.15, 0.2) is 11.5 Å². The Morgan fingerprint density at radius 2 is 2.24 bits per heavy atom. The Bertz CT molecular complexity index is 638. The normalized spacial score (nSPS) is 25.9. The average molecular weight is 287 g/mol. The number of fused-ring (bicyclic) bond motifs is 2. The van der Waals surface area contributed by atoms with Gasteiger partial charge in [-0.3, -0.25) is 0 Å². The summed E-state index contributed by atoms with van der Waals surface area (Å²) in [5.41, 5.74) is 0.931. The second kappa shape index (κ2) is 5.18. The first-order valence-corrected chi connectivity index (χ1v) is 7.76. The number of anilines is 2. The van der Waals surface area contributed by atoms with Gasteiger partial charge in [0.05, 0.1) is 24.9 Å². The van der Waals surface area contributed by atoms with E-state index in [9.17, 15) is 0 Å². The molecule has 1 aliphatic heterocycles. The van der Waals surface area contributed by atoms with Crippen LogP contribution >= 0.6 is 0 Å². The molecule has 2 fully saturated rings. The zero-order valence-electron chi connectivity index (χ0n) is 12.3. The van der Waals surface area contributed by atoms with Crippen molar-refractivity contribution in [3.63, 3.8) is 0 Å². The number of imidazole rings is 1. The first-order valence-electron chi connectivity index (χ1n) is 7.76. The first kappa shape index (κ1) is 12.9. The van der Waals surface area contributed by atoms with E-state index in [1.54, 1.807) is 0 Å². The fourth-order valence-corrected chi connectivity index (χ4v) is 3.59. The Morgan fingerprint density at radius 1 is 1.33 bits per heavy atom. The Balaban J connectivity index is 1.78. The molecule has 1 aliphatic carbocycles. The molecule has 2 aromatic rings. The van der Waals surface area contributed by atoms with Crippen molar-refractivity contribution in [2.45, 2.75) is 37.8 Å². The molecule has 1 saturated carbocycles. The van der Waals surface area contributed by atoms with Gasteiger partial charge in [-0.15, -0.1) is 0 Å². The number of hydrogen-bond donors (Lipinski definition) is 1. The van der Waals surface area contributed by atoms with Gasteiger partial charge < -0.3 is 19.4 Å². The summed E-state index contributed by atoms with van der Waals surface area (Å²) in [6, 6.07) is 0.438. The van der Waals surface area contributed by atoms with Crippen molar-refractivity contribution >= 4 is 17.3 Å². The molecule has 0 amide bonds. The Kier molecular flexibility index (Phi) is 3.18. The lowest BCUT2D eigenvalue weighted by Crippen LogP contribution is -2.53. The molecule has 6 heteroatoms. The Labute approximate surface area is 124 Å². The molecular weight excluding hydrogens is 266 g/mol. The standard InChI is InChI=1S/C15H21N5O/c1-16-13-10-19-7-6-17-14(19)15(18-13)20-8-9-21-12-5-3-2-4-11(12)20/h6-7,10-12,16H,2-5,8-9H2,1H3. The van der Waals surface area contributed by atoms with Gasteiger partial charge in [-0.1, -0.05) is 12.8 Å². The van der Waals surface area contributed by atoms with Gasteiger partial charge in [-0.2, -0.15) is 0 Å². The van der Waals surface area contributed by atoms with Gasteiger partial charge in [-0.25, -0.2) is 9.97 Å². The van der Waals surface area contributed by atoms with Crippen molar-refractivity contribution in [3.05, 3.63) is 18.6 Å². The highest BCUT2D eigenvalue weighted by Gasteiger charge is 2.36. The van der Waals surface area contributed by atoms with E-state index in [1.165, 1.54) is 19.3 Å². The molecule has 21 heavy (non-hydrogen) atoms. The van der Waals surface area contributed by atoms with Crippen molar-refractivity contribution in [3.8, 4) is 0 Å². The summed E-state index contributed by atoms with van der Waals surface area (Å²) >= 11 is 0. The quantitative estimate of drug-likeness (QED) is 0.914. The van der Waals surface area contributed by atoms with Gasteiger partial charge in [-0.05, 0) is 12.8 Å². The van der Waals surface area contributed by atoms with Gasteiger partial charge in [0.25, 0.3) is 0 Å². The van der Waals surface area contributed by atoms with E-state index in [0.717, 1.165) is 36.9 Å². The summed E-state index contributed by atoms with van der Waals surface area (Å²) in [5.74, 6) is 1.85. The maximum Gasteiger partial charge on any atom is 0.180 e. The molecule has 112 valence electrons. The average Bonchev–Trinajstić information content (AvgIpc) is 3.02. The highest BCUT2D eigenvalue weighted by Crippen LogP contribution is 2.33. The predicted molar refractivity (Wildman–Crippen MR) is 81.9 cm³/mol. The van der Waals surface area contributed by atoms with Crippen LogP contribution in [-0.2, 0) is 4.74 Å². The molecular formula is C15H21N5O. The number of rotatable bonds is 2. The molecule has 1 saturated heterocycles. The molecule has 0 aromatic carbocycles. The van der Waals surface area contributed by atoms with E-state index in [4.69, 9.17) is 9.72 Å². The van der Waals surface area contributed by atoms with Gasteiger partial charge in [0.1, 0.15) is 5.82 Å². The lowest BCUT2D eigenvalue weighted by Gasteiger charge is -2.44. The minimum Gasteiger partial charge on any atom is -0.374 e. The largest absolute Gasteiger partial charge is 0.374 e. The summed E-state index contributed by atoms with van der Waals surface area (Å²) in [6.07, 6.45) is 11.0. The molecule has 0 radical (unpaired) electrons. The van der Waals surface area contributed by atoms with Crippen molar-refractivity contribution in [2.75, 3.05) is 30.4 Å². The number of hydrogen-bond acceptors (Lipinski definition) is 5. The van der Waals surface area contributed by atoms with Gasteiger partial charge in [0, 0.05) is 26.0 Å². The van der Waals surface area contributed by atoms with Crippen LogP contribution in [0.2, 0.25) is 0 Å². The van der Waals surface area contributed by atoms with Gasteiger partial charge >= 0.3 is 0 Å². The highest BCUT2D eigenvalue weighted by atomic mass is 16.5.